The van der Waals surface area contributed by atoms with Crippen molar-refractivity contribution in [2.24, 2.45) is 5.92 Å². The summed E-state index contributed by atoms with van der Waals surface area (Å²) in [6.07, 6.45) is 11.9. The maximum Gasteiger partial charge on any atom is 0.232 e. The highest BCUT2D eigenvalue weighted by molar-refractivity contribution is 7.80. The number of halogens is 1. The minimum atomic E-state index is -0.191. The largest absolute Gasteiger partial charge is 0.361 e. The van der Waals surface area contributed by atoms with Crippen molar-refractivity contribution < 1.29 is 4.39 Å². The van der Waals surface area contributed by atoms with Gasteiger partial charge in [0.2, 0.25) is 5.95 Å². The quantitative estimate of drug-likeness (QED) is 0.412. The van der Waals surface area contributed by atoms with Crippen molar-refractivity contribution in [1.29, 1.82) is 0 Å². The molecular formula is C30H43FN6S. The second-order valence-corrected chi connectivity index (χ2v) is 12.2. The maximum atomic E-state index is 13.6. The lowest BCUT2D eigenvalue weighted by atomic mass is 9.69. The zero-order valence-electron chi connectivity index (χ0n) is 23.0. The normalized spacial score (nSPS) is 23.7. The van der Waals surface area contributed by atoms with Crippen LogP contribution in [0.1, 0.15) is 83.6 Å². The van der Waals surface area contributed by atoms with Crippen LogP contribution in [-0.4, -0.2) is 47.3 Å². The Morgan fingerprint density at radius 2 is 1.74 bits per heavy atom. The number of piperidine rings is 2. The van der Waals surface area contributed by atoms with Crippen molar-refractivity contribution in [3.63, 3.8) is 0 Å². The Balaban J connectivity index is 1.34. The molecule has 2 aliphatic heterocycles. The van der Waals surface area contributed by atoms with Gasteiger partial charge in [0, 0.05) is 43.7 Å². The zero-order valence-corrected chi connectivity index (χ0v) is 23.8. The van der Waals surface area contributed by atoms with E-state index in [1.165, 1.54) is 56.9 Å². The van der Waals surface area contributed by atoms with Crippen LogP contribution >= 0.6 is 12.2 Å². The van der Waals surface area contributed by atoms with E-state index in [-0.39, 0.29) is 11.2 Å². The molecule has 6 nitrogen and oxygen atoms in total. The molecule has 206 valence electrons. The van der Waals surface area contributed by atoms with E-state index in [9.17, 15) is 4.39 Å². The first kappa shape index (κ1) is 27.1. The summed E-state index contributed by atoms with van der Waals surface area (Å²) in [6, 6.07) is 9.67. The summed E-state index contributed by atoms with van der Waals surface area (Å²) in [5.41, 5.74) is 1.14. The fourth-order valence-corrected chi connectivity index (χ4v) is 6.78. The minimum Gasteiger partial charge on any atom is -0.361 e. The number of nitrogens with zero attached hydrogens (tertiary/aromatic N) is 4. The van der Waals surface area contributed by atoms with Crippen LogP contribution in [0.2, 0.25) is 0 Å². The van der Waals surface area contributed by atoms with Crippen molar-refractivity contribution in [2.75, 3.05) is 41.3 Å². The van der Waals surface area contributed by atoms with E-state index < -0.39 is 0 Å². The van der Waals surface area contributed by atoms with Crippen LogP contribution in [0.15, 0.2) is 30.3 Å². The van der Waals surface area contributed by atoms with Crippen LogP contribution in [0.25, 0.3) is 0 Å². The van der Waals surface area contributed by atoms with Gasteiger partial charge in [-0.25, -0.2) is 4.39 Å². The first-order valence-corrected chi connectivity index (χ1v) is 15.0. The predicted octanol–water partition coefficient (Wildman–Crippen LogP) is 6.42. The maximum absolute atomic E-state index is 13.6. The van der Waals surface area contributed by atoms with Crippen molar-refractivity contribution >= 4 is 34.9 Å². The molecule has 2 aromatic rings. The summed E-state index contributed by atoms with van der Waals surface area (Å²) in [4.78, 5) is 14.7. The molecule has 0 amide bonds. The van der Waals surface area contributed by atoms with E-state index in [1.807, 2.05) is 12.1 Å². The van der Waals surface area contributed by atoms with E-state index in [0.717, 1.165) is 44.1 Å². The predicted molar refractivity (Wildman–Crippen MR) is 159 cm³/mol. The van der Waals surface area contributed by atoms with Crippen molar-refractivity contribution in [3.05, 3.63) is 41.7 Å². The molecule has 1 saturated carbocycles. The fourth-order valence-electron chi connectivity index (χ4n) is 6.62. The van der Waals surface area contributed by atoms with Crippen LogP contribution in [0.3, 0.4) is 0 Å². The summed E-state index contributed by atoms with van der Waals surface area (Å²) in [6.45, 7) is 8.40. The van der Waals surface area contributed by atoms with Crippen LogP contribution in [0, 0.1) is 11.7 Å². The van der Waals surface area contributed by atoms with Gasteiger partial charge in [0.25, 0.3) is 0 Å². The number of thiocarbonyl (C=S) groups is 1. The Morgan fingerprint density at radius 1 is 0.974 bits per heavy atom. The summed E-state index contributed by atoms with van der Waals surface area (Å²) in [5, 5.41) is 7.36. The van der Waals surface area contributed by atoms with E-state index in [2.05, 4.69) is 40.3 Å². The molecule has 0 radical (unpaired) electrons. The first-order valence-electron chi connectivity index (χ1n) is 14.6. The van der Waals surface area contributed by atoms with Gasteiger partial charge < -0.3 is 20.4 Å². The molecule has 2 N–H and O–H groups in total. The molecule has 2 saturated heterocycles. The van der Waals surface area contributed by atoms with Gasteiger partial charge in [0.05, 0.1) is 0 Å². The van der Waals surface area contributed by atoms with E-state index in [0.29, 0.717) is 29.6 Å². The molecule has 3 heterocycles. The third-order valence-corrected chi connectivity index (χ3v) is 9.10. The van der Waals surface area contributed by atoms with E-state index >= 15 is 0 Å². The van der Waals surface area contributed by atoms with Crippen molar-refractivity contribution in [1.82, 2.24) is 15.3 Å². The molecule has 3 aliphatic rings. The molecular weight excluding hydrogens is 495 g/mol. The van der Waals surface area contributed by atoms with Gasteiger partial charge in [0.1, 0.15) is 17.5 Å². The highest BCUT2D eigenvalue weighted by Gasteiger charge is 2.34. The molecule has 8 heteroatoms. The standard InChI is InChI=1S/C30H43FN6S/c1-22-9-8-17-36(20-22)26-19-27(37-18-7-4-10-23(37)2)34-28(33-26)35-29(38)32-21-30(15-5-3-6-16-30)24-11-13-25(31)14-12-24/h11-14,19,22-23H,3-10,15-18,20-21H2,1-2H3,(H2,32,33,34,35,38)/t22-,23-/m0/s1. The number of hydrogen-bond acceptors (Lipinski definition) is 5. The van der Waals surface area contributed by atoms with Crippen molar-refractivity contribution in [2.45, 2.75) is 89.5 Å². The number of anilines is 3. The Bertz CT molecular complexity index is 1090. The van der Waals surface area contributed by atoms with E-state index in [4.69, 9.17) is 22.2 Å². The molecule has 1 aromatic heterocycles. The Labute approximate surface area is 232 Å². The lowest BCUT2D eigenvalue weighted by Gasteiger charge is -2.38. The second kappa shape index (κ2) is 12.1. The average molecular weight is 539 g/mol. The minimum absolute atomic E-state index is 0.0429. The lowest BCUT2D eigenvalue weighted by Crippen LogP contribution is -2.44. The van der Waals surface area contributed by atoms with Gasteiger partial charge >= 0.3 is 0 Å². The van der Waals surface area contributed by atoms with Crippen LogP contribution in [0.4, 0.5) is 22.0 Å². The Hall–Kier alpha value is -2.48. The van der Waals surface area contributed by atoms with Gasteiger partial charge in [-0.2, -0.15) is 9.97 Å². The lowest BCUT2D eigenvalue weighted by molar-refractivity contribution is 0.292. The molecule has 1 aliphatic carbocycles. The fraction of sp³-hybridized carbons (Fsp3) is 0.633. The Kier molecular flexibility index (Phi) is 8.66. The molecule has 0 unspecified atom stereocenters. The number of benzene rings is 1. The van der Waals surface area contributed by atoms with Gasteiger partial charge in [-0.1, -0.05) is 38.3 Å². The molecule has 1 aromatic carbocycles. The highest BCUT2D eigenvalue weighted by Crippen LogP contribution is 2.39. The topological polar surface area (TPSA) is 56.3 Å². The summed E-state index contributed by atoms with van der Waals surface area (Å²) in [7, 11) is 0. The number of rotatable bonds is 6. The van der Waals surface area contributed by atoms with Crippen LogP contribution < -0.4 is 20.4 Å². The summed E-state index contributed by atoms with van der Waals surface area (Å²) in [5.74, 6) is 3.00. The van der Waals surface area contributed by atoms with E-state index in [1.54, 1.807) is 12.1 Å². The molecule has 0 spiro atoms. The third-order valence-electron chi connectivity index (χ3n) is 8.86. The monoisotopic (exact) mass is 538 g/mol. The van der Waals surface area contributed by atoms with Crippen LogP contribution in [-0.2, 0) is 5.41 Å². The van der Waals surface area contributed by atoms with Crippen molar-refractivity contribution in [3.8, 4) is 0 Å². The molecule has 5 rings (SSSR count). The number of nitrogens with one attached hydrogen (secondary N) is 2. The number of hydrogen-bond donors (Lipinski definition) is 2. The molecule has 0 bridgehead atoms. The second-order valence-electron chi connectivity index (χ2n) is 11.8. The molecule has 2 atom stereocenters. The van der Waals surface area contributed by atoms with Crippen LogP contribution in [0.5, 0.6) is 0 Å². The molecule has 3 fully saturated rings. The summed E-state index contributed by atoms with van der Waals surface area (Å²) < 4.78 is 13.6. The summed E-state index contributed by atoms with van der Waals surface area (Å²) >= 11 is 5.78. The Morgan fingerprint density at radius 3 is 2.47 bits per heavy atom. The smallest absolute Gasteiger partial charge is 0.232 e. The third kappa shape index (κ3) is 6.38. The number of aromatic nitrogens is 2. The van der Waals surface area contributed by atoms with Gasteiger partial charge in [0.15, 0.2) is 5.11 Å². The molecule has 38 heavy (non-hydrogen) atoms. The average Bonchev–Trinajstić information content (AvgIpc) is 2.93. The van der Waals surface area contributed by atoms with Gasteiger partial charge in [-0.05, 0) is 87.7 Å². The van der Waals surface area contributed by atoms with Gasteiger partial charge in [-0.15, -0.1) is 0 Å². The first-order chi connectivity index (χ1) is 18.4. The highest BCUT2D eigenvalue weighted by atomic mass is 32.1. The SMILES string of the molecule is C[C@H]1CCCN(c2cc(N3CCCC[C@@H]3C)nc(NC(=S)NCC3(c4ccc(F)cc4)CCCCC3)n2)C1. The zero-order chi connectivity index (χ0) is 26.5. The van der Waals surface area contributed by atoms with Gasteiger partial charge in [-0.3, -0.25) is 0 Å².